The van der Waals surface area contributed by atoms with Gasteiger partial charge in [-0.05, 0) is 18.2 Å². The Morgan fingerprint density at radius 2 is 1.95 bits per heavy atom. The molecule has 0 amide bonds. The average molecular weight is 340 g/mol. The molecule has 3 rings (SSSR count). The lowest BCUT2D eigenvalue weighted by Crippen LogP contribution is -2.19. The lowest BCUT2D eigenvalue weighted by molar-refractivity contribution is 0.0657. The van der Waals surface area contributed by atoms with Gasteiger partial charge in [-0.3, -0.25) is 0 Å². The molecule has 2 nitrogen and oxygen atoms in total. The normalized spacial score (nSPS) is 21.6. The van der Waals surface area contributed by atoms with Crippen LogP contribution in [-0.4, -0.2) is 5.11 Å². The number of hydrogen-bond donors (Lipinski definition) is 1. The first-order valence-corrected chi connectivity index (χ1v) is 7.21. The van der Waals surface area contributed by atoms with E-state index in [-0.39, 0.29) is 6.10 Å². The Morgan fingerprint density at radius 3 is 2.74 bits per heavy atom. The minimum atomic E-state index is -0.530. The van der Waals surface area contributed by atoms with E-state index in [1.54, 1.807) is 0 Å². The van der Waals surface area contributed by atoms with Crippen molar-refractivity contribution < 1.29 is 9.84 Å². The maximum Gasteiger partial charge on any atom is 0.128 e. The second-order valence-corrected chi connectivity index (χ2v) is 5.88. The fourth-order valence-electron chi connectivity index (χ4n) is 2.34. The molecular formula is C15H12BrClO2. The summed E-state index contributed by atoms with van der Waals surface area (Å²) in [5.74, 6) is 0.707. The van der Waals surface area contributed by atoms with Crippen LogP contribution in [0.5, 0.6) is 5.75 Å². The third-order valence-corrected chi connectivity index (χ3v) is 4.13. The zero-order chi connectivity index (χ0) is 13.4. The van der Waals surface area contributed by atoms with E-state index >= 15 is 0 Å². The maximum atomic E-state index is 10.2. The van der Waals surface area contributed by atoms with Gasteiger partial charge in [-0.2, -0.15) is 0 Å². The van der Waals surface area contributed by atoms with Gasteiger partial charge in [-0.15, -0.1) is 0 Å². The highest BCUT2D eigenvalue weighted by Gasteiger charge is 2.29. The van der Waals surface area contributed by atoms with Gasteiger partial charge in [0.2, 0.25) is 0 Å². The standard InChI is InChI=1S/C15H12BrClO2/c16-9-5-6-11-13(18)8-15(19-14(11)7-9)10-3-1-2-4-12(10)17/h1-7,13,15,18H,8H2/t13-,15?/m1/s1. The highest BCUT2D eigenvalue weighted by atomic mass is 79.9. The van der Waals surface area contributed by atoms with Crippen molar-refractivity contribution in [2.45, 2.75) is 18.6 Å². The summed E-state index contributed by atoms with van der Waals surface area (Å²) >= 11 is 9.61. The quantitative estimate of drug-likeness (QED) is 0.819. The zero-order valence-electron chi connectivity index (χ0n) is 10.0. The lowest BCUT2D eigenvalue weighted by Gasteiger charge is -2.30. The minimum Gasteiger partial charge on any atom is -0.485 e. The molecule has 19 heavy (non-hydrogen) atoms. The SMILES string of the molecule is O[C@@H]1CC(c2ccccc2Cl)Oc2cc(Br)ccc21. The topological polar surface area (TPSA) is 29.5 Å². The number of aliphatic hydroxyl groups is 1. The number of hydrogen-bond acceptors (Lipinski definition) is 2. The first-order valence-electron chi connectivity index (χ1n) is 6.04. The smallest absolute Gasteiger partial charge is 0.128 e. The van der Waals surface area contributed by atoms with Crippen molar-refractivity contribution >= 4 is 27.5 Å². The summed E-state index contributed by atoms with van der Waals surface area (Å²) in [6.45, 7) is 0. The van der Waals surface area contributed by atoms with Crippen molar-refractivity contribution in [2.75, 3.05) is 0 Å². The van der Waals surface area contributed by atoms with E-state index in [1.807, 2.05) is 42.5 Å². The predicted octanol–water partition coefficient (Wildman–Crippen LogP) is 4.66. The van der Waals surface area contributed by atoms with Crippen molar-refractivity contribution in [2.24, 2.45) is 0 Å². The van der Waals surface area contributed by atoms with Crippen molar-refractivity contribution in [1.29, 1.82) is 0 Å². The van der Waals surface area contributed by atoms with Gasteiger partial charge < -0.3 is 9.84 Å². The second-order valence-electron chi connectivity index (χ2n) is 4.56. The Hall–Kier alpha value is -1.03. The molecule has 1 aliphatic heterocycles. The second kappa shape index (κ2) is 5.16. The van der Waals surface area contributed by atoms with Crippen molar-refractivity contribution in [3.63, 3.8) is 0 Å². The molecule has 0 aromatic heterocycles. The van der Waals surface area contributed by atoms with Crippen LogP contribution in [0.3, 0.4) is 0 Å². The van der Waals surface area contributed by atoms with Gasteiger partial charge >= 0.3 is 0 Å². The summed E-state index contributed by atoms with van der Waals surface area (Å²) < 4.78 is 6.90. The van der Waals surface area contributed by atoms with Crippen LogP contribution in [0.15, 0.2) is 46.9 Å². The molecule has 1 N–H and O–H groups in total. The highest BCUT2D eigenvalue weighted by molar-refractivity contribution is 9.10. The largest absolute Gasteiger partial charge is 0.485 e. The molecular weight excluding hydrogens is 328 g/mol. The number of benzene rings is 2. The number of ether oxygens (including phenoxy) is 1. The van der Waals surface area contributed by atoms with Crippen LogP contribution in [-0.2, 0) is 0 Å². The van der Waals surface area contributed by atoms with Crippen molar-refractivity contribution in [1.82, 2.24) is 0 Å². The molecule has 1 heterocycles. The minimum absolute atomic E-state index is 0.217. The Morgan fingerprint density at radius 1 is 1.16 bits per heavy atom. The molecule has 0 saturated carbocycles. The van der Waals surface area contributed by atoms with Gasteiger partial charge in [-0.25, -0.2) is 0 Å². The third-order valence-electron chi connectivity index (χ3n) is 3.29. The molecule has 2 aromatic rings. The molecule has 1 aliphatic rings. The van der Waals surface area contributed by atoms with E-state index in [1.165, 1.54) is 0 Å². The van der Waals surface area contributed by atoms with E-state index in [0.29, 0.717) is 17.2 Å². The maximum absolute atomic E-state index is 10.2. The van der Waals surface area contributed by atoms with Crippen LogP contribution >= 0.6 is 27.5 Å². The Labute approximate surface area is 125 Å². The monoisotopic (exact) mass is 338 g/mol. The van der Waals surface area contributed by atoms with E-state index in [9.17, 15) is 5.11 Å². The lowest BCUT2D eigenvalue weighted by atomic mass is 9.95. The van der Waals surface area contributed by atoms with Crippen LogP contribution in [0, 0.1) is 0 Å². The van der Waals surface area contributed by atoms with Gasteiger partial charge in [0.15, 0.2) is 0 Å². The molecule has 1 unspecified atom stereocenters. The van der Waals surface area contributed by atoms with Crippen molar-refractivity contribution in [3.8, 4) is 5.75 Å². The van der Waals surface area contributed by atoms with E-state index < -0.39 is 6.10 Å². The Kier molecular flexibility index (Phi) is 3.52. The van der Waals surface area contributed by atoms with E-state index in [0.717, 1.165) is 15.6 Å². The van der Waals surface area contributed by atoms with E-state index in [4.69, 9.17) is 16.3 Å². The fraction of sp³-hybridized carbons (Fsp3) is 0.200. The van der Waals surface area contributed by atoms with Crippen LogP contribution < -0.4 is 4.74 Å². The molecule has 0 radical (unpaired) electrons. The first kappa shape index (κ1) is 13.0. The fourth-order valence-corrected chi connectivity index (χ4v) is 2.94. The number of fused-ring (bicyclic) bond motifs is 1. The molecule has 0 bridgehead atoms. The van der Waals surface area contributed by atoms with Gasteiger partial charge in [0.1, 0.15) is 11.9 Å². The summed E-state index contributed by atoms with van der Waals surface area (Å²) in [6, 6.07) is 13.2. The molecule has 0 aliphatic carbocycles. The summed E-state index contributed by atoms with van der Waals surface area (Å²) in [4.78, 5) is 0. The Bertz CT molecular complexity index is 615. The van der Waals surface area contributed by atoms with Gasteiger partial charge in [0.25, 0.3) is 0 Å². The summed E-state index contributed by atoms with van der Waals surface area (Å²) in [6.07, 6.45) is -0.234. The highest BCUT2D eigenvalue weighted by Crippen LogP contribution is 2.43. The molecule has 2 aromatic carbocycles. The van der Waals surface area contributed by atoms with E-state index in [2.05, 4.69) is 15.9 Å². The molecule has 0 saturated heterocycles. The number of halogens is 2. The van der Waals surface area contributed by atoms with Crippen molar-refractivity contribution in [3.05, 3.63) is 63.1 Å². The third kappa shape index (κ3) is 2.50. The van der Waals surface area contributed by atoms with Gasteiger partial charge in [-0.1, -0.05) is 51.8 Å². The summed E-state index contributed by atoms with van der Waals surface area (Å²) in [5, 5.41) is 10.9. The predicted molar refractivity (Wildman–Crippen MR) is 78.5 cm³/mol. The van der Waals surface area contributed by atoms with Gasteiger partial charge in [0, 0.05) is 27.0 Å². The number of rotatable bonds is 1. The molecule has 2 atom stereocenters. The first-order chi connectivity index (χ1) is 9.15. The summed E-state index contributed by atoms with van der Waals surface area (Å²) in [7, 11) is 0. The summed E-state index contributed by atoms with van der Waals surface area (Å²) in [5.41, 5.74) is 1.74. The van der Waals surface area contributed by atoms with Crippen LogP contribution in [0.2, 0.25) is 5.02 Å². The van der Waals surface area contributed by atoms with Crippen LogP contribution in [0.4, 0.5) is 0 Å². The molecule has 98 valence electrons. The van der Waals surface area contributed by atoms with Gasteiger partial charge in [0.05, 0.1) is 6.10 Å². The molecule has 0 spiro atoms. The number of aliphatic hydroxyl groups excluding tert-OH is 1. The molecule has 4 heteroatoms. The zero-order valence-corrected chi connectivity index (χ0v) is 12.4. The van der Waals surface area contributed by atoms with Crippen LogP contribution in [0.1, 0.15) is 29.8 Å². The molecule has 0 fully saturated rings. The van der Waals surface area contributed by atoms with Crippen LogP contribution in [0.25, 0.3) is 0 Å². The average Bonchev–Trinajstić information content (AvgIpc) is 2.38. The Balaban J connectivity index is 1.99.